The highest BCUT2D eigenvalue weighted by Crippen LogP contribution is 2.35. The zero-order valence-electron chi connectivity index (χ0n) is 12.2. The van der Waals surface area contributed by atoms with Crippen molar-refractivity contribution in [3.05, 3.63) is 23.8 Å². The summed E-state index contributed by atoms with van der Waals surface area (Å²) >= 11 is 0. The van der Waals surface area contributed by atoms with Crippen LogP contribution in [0.3, 0.4) is 0 Å². The van der Waals surface area contributed by atoms with Gasteiger partial charge < -0.3 is 19.7 Å². The largest absolute Gasteiger partial charge is 0.454 e. The number of fused-ring (bicyclic) bond motifs is 1. The monoisotopic (exact) mass is 276 g/mol. The highest BCUT2D eigenvalue weighted by molar-refractivity contribution is 5.48. The summed E-state index contributed by atoms with van der Waals surface area (Å²) < 4.78 is 10.9. The van der Waals surface area contributed by atoms with Gasteiger partial charge in [-0.1, -0.05) is 19.1 Å². The number of nitrogens with one attached hydrogen (secondary N) is 1. The fraction of sp³-hybridized carbons (Fsp3) is 0.625. The van der Waals surface area contributed by atoms with Crippen molar-refractivity contribution in [2.75, 3.05) is 33.0 Å². The van der Waals surface area contributed by atoms with Gasteiger partial charge in [-0.3, -0.25) is 0 Å². The van der Waals surface area contributed by atoms with Crippen molar-refractivity contribution in [1.82, 2.24) is 10.2 Å². The van der Waals surface area contributed by atoms with Crippen LogP contribution >= 0.6 is 0 Å². The van der Waals surface area contributed by atoms with Gasteiger partial charge in [-0.2, -0.15) is 0 Å². The molecular formula is C16H24N2O2. The molecule has 4 nitrogen and oxygen atoms in total. The third kappa shape index (κ3) is 3.25. The van der Waals surface area contributed by atoms with E-state index in [1.807, 2.05) is 12.1 Å². The van der Waals surface area contributed by atoms with E-state index < -0.39 is 0 Å². The lowest BCUT2D eigenvalue weighted by molar-refractivity contribution is 0.173. The zero-order valence-corrected chi connectivity index (χ0v) is 12.2. The van der Waals surface area contributed by atoms with Crippen LogP contribution in [-0.4, -0.2) is 37.9 Å². The van der Waals surface area contributed by atoms with Gasteiger partial charge in [-0.05, 0) is 44.5 Å². The van der Waals surface area contributed by atoms with Gasteiger partial charge in [0.25, 0.3) is 0 Å². The molecule has 1 aromatic carbocycles. The fourth-order valence-corrected chi connectivity index (χ4v) is 3.05. The van der Waals surface area contributed by atoms with Crippen LogP contribution in [0.15, 0.2) is 18.2 Å². The Labute approximate surface area is 121 Å². The number of hydrogen-bond acceptors (Lipinski definition) is 4. The molecule has 2 heterocycles. The first kappa shape index (κ1) is 13.7. The molecule has 1 atom stereocenters. The Kier molecular flexibility index (Phi) is 4.43. The molecule has 20 heavy (non-hydrogen) atoms. The van der Waals surface area contributed by atoms with E-state index in [0.29, 0.717) is 12.7 Å². The second-order valence-corrected chi connectivity index (χ2v) is 5.89. The summed E-state index contributed by atoms with van der Waals surface area (Å²) in [7, 11) is 0. The Morgan fingerprint density at radius 2 is 2.10 bits per heavy atom. The molecule has 2 aliphatic heterocycles. The van der Waals surface area contributed by atoms with Gasteiger partial charge in [0.1, 0.15) is 0 Å². The number of rotatable bonds is 6. The van der Waals surface area contributed by atoms with E-state index >= 15 is 0 Å². The minimum Gasteiger partial charge on any atom is -0.454 e. The van der Waals surface area contributed by atoms with Gasteiger partial charge in [-0.25, -0.2) is 0 Å². The predicted molar refractivity (Wildman–Crippen MR) is 79.1 cm³/mol. The SMILES string of the molecule is CC(CNCc1cccc2c1OCO2)CN1CCCC1. The van der Waals surface area contributed by atoms with Crippen LogP contribution < -0.4 is 14.8 Å². The van der Waals surface area contributed by atoms with Gasteiger partial charge in [0, 0.05) is 18.7 Å². The van der Waals surface area contributed by atoms with E-state index in [-0.39, 0.29) is 0 Å². The lowest BCUT2D eigenvalue weighted by Crippen LogP contribution is -2.31. The van der Waals surface area contributed by atoms with E-state index in [2.05, 4.69) is 23.2 Å². The van der Waals surface area contributed by atoms with E-state index in [1.54, 1.807) is 0 Å². The number of para-hydroxylation sites is 1. The van der Waals surface area contributed by atoms with Gasteiger partial charge in [0.2, 0.25) is 6.79 Å². The number of likely N-dealkylation sites (tertiary alicyclic amines) is 1. The highest BCUT2D eigenvalue weighted by atomic mass is 16.7. The molecule has 110 valence electrons. The van der Waals surface area contributed by atoms with Gasteiger partial charge in [0.05, 0.1) is 0 Å². The van der Waals surface area contributed by atoms with Crippen LogP contribution in [0, 0.1) is 5.92 Å². The molecule has 0 radical (unpaired) electrons. The Hall–Kier alpha value is -1.26. The normalized spacial score (nSPS) is 19.4. The maximum atomic E-state index is 5.52. The Balaban J connectivity index is 1.44. The number of nitrogens with zero attached hydrogens (tertiary/aromatic N) is 1. The summed E-state index contributed by atoms with van der Waals surface area (Å²) in [5.41, 5.74) is 1.19. The molecule has 1 saturated heterocycles. The highest BCUT2D eigenvalue weighted by Gasteiger charge is 2.17. The molecule has 3 rings (SSSR count). The molecule has 0 saturated carbocycles. The first-order valence-electron chi connectivity index (χ1n) is 7.63. The standard InChI is InChI=1S/C16H24N2O2/c1-13(11-18-7-2-3-8-18)9-17-10-14-5-4-6-15-16(14)20-12-19-15/h4-6,13,17H,2-3,7-12H2,1H3. The molecule has 0 amide bonds. The third-order valence-electron chi connectivity index (χ3n) is 4.05. The smallest absolute Gasteiger partial charge is 0.231 e. The van der Waals surface area contributed by atoms with Crippen LogP contribution in [-0.2, 0) is 6.54 Å². The molecular weight excluding hydrogens is 252 g/mol. The Bertz CT molecular complexity index is 444. The molecule has 0 aliphatic carbocycles. The minimum absolute atomic E-state index is 0.345. The quantitative estimate of drug-likeness (QED) is 0.864. The second kappa shape index (κ2) is 6.46. The minimum atomic E-state index is 0.345. The van der Waals surface area contributed by atoms with Crippen molar-refractivity contribution < 1.29 is 9.47 Å². The fourth-order valence-electron chi connectivity index (χ4n) is 3.05. The van der Waals surface area contributed by atoms with E-state index in [4.69, 9.17) is 9.47 Å². The molecule has 0 bridgehead atoms. The maximum Gasteiger partial charge on any atom is 0.231 e. The topological polar surface area (TPSA) is 33.7 Å². The molecule has 1 N–H and O–H groups in total. The van der Waals surface area contributed by atoms with Gasteiger partial charge in [-0.15, -0.1) is 0 Å². The maximum absolute atomic E-state index is 5.52. The molecule has 1 unspecified atom stereocenters. The summed E-state index contributed by atoms with van der Waals surface area (Å²) in [6, 6.07) is 6.09. The Morgan fingerprint density at radius 1 is 1.25 bits per heavy atom. The number of ether oxygens (including phenoxy) is 2. The summed E-state index contributed by atoms with van der Waals surface area (Å²) in [5.74, 6) is 2.46. The predicted octanol–water partition coefficient (Wildman–Crippen LogP) is 2.24. The van der Waals surface area contributed by atoms with E-state index in [0.717, 1.165) is 24.6 Å². The van der Waals surface area contributed by atoms with Crippen molar-refractivity contribution in [3.8, 4) is 11.5 Å². The Morgan fingerprint density at radius 3 is 2.95 bits per heavy atom. The molecule has 0 aromatic heterocycles. The number of benzene rings is 1. The van der Waals surface area contributed by atoms with Crippen LogP contribution in [0.5, 0.6) is 11.5 Å². The zero-order chi connectivity index (χ0) is 13.8. The van der Waals surface area contributed by atoms with Crippen molar-refractivity contribution in [2.45, 2.75) is 26.3 Å². The average molecular weight is 276 g/mol. The van der Waals surface area contributed by atoms with Gasteiger partial charge >= 0.3 is 0 Å². The van der Waals surface area contributed by atoms with Crippen LogP contribution in [0.1, 0.15) is 25.3 Å². The van der Waals surface area contributed by atoms with Crippen molar-refractivity contribution in [1.29, 1.82) is 0 Å². The van der Waals surface area contributed by atoms with Crippen LogP contribution in [0.2, 0.25) is 0 Å². The van der Waals surface area contributed by atoms with E-state index in [9.17, 15) is 0 Å². The molecule has 4 heteroatoms. The number of hydrogen-bond donors (Lipinski definition) is 1. The lowest BCUT2D eigenvalue weighted by Gasteiger charge is -2.20. The first-order chi connectivity index (χ1) is 9.83. The van der Waals surface area contributed by atoms with Crippen molar-refractivity contribution >= 4 is 0 Å². The van der Waals surface area contributed by atoms with Crippen molar-refractivity contribution in [3.63, 3.8) is 0 Å². The molecule has 1 fully saturated rings. The van der Waals surface area contributed by atoms with Crippen LogP contribution in [0.25, 0.3) is 0 Å². The van der Waals surface area contributed by atoms with Crippen LogP contribution in [0.4, 0.5) is 0 Å². The molecule has 1 aromatic rings. The summed E-state index contributed by atoms with van der Waals surface area (Å²) in [6.07, 6.45) is 2.74. The summed E-state index contributed by atoms with van der Waals surface area (Å²) in [6.45, 7) is 8.32. The second-order valence-electron chi connectivity index (χ2n) is 5.89. The average Bonchev–Trinajstić information content (AvgIpc) is 3.09. The third-order valence-corrected chi connectivity index (χ3v) is 4.05. The summed E-state index contributed by atoms with van der Waals surface area (Å²) in [4.78, 5) is 2.57. The lowest BCUT2D eigenvalue weighted by atomic mass is 10.1. The molecule has 0 spiro atoms. The van der Waals surface area contributed by atoms with E-state index in [1.165, 1.54) is 38.0 Å². The summed E-state index contributed by atoms with van der Waals surface area (Å²) in [5, 5.41) is 3.54. The van der Waals surface area contributed by atoms with Crippen molar-refractivity contribution in [2.24, 2.45) is 5.92 Å². The van der Waals surface area contributed by atoms with Gasteiger partial charge in [0.15, 0.2) is 11.5 Å². The first-order valence-corrected chi connectivity index (χ1v) is 7.63. The molecule has 2 aliphatic rings.